The average molecular weight is 262 g/mol. The van der Waals surface area contributed by atoms with Crippen LogP contribution in [0.5, 0.6) is 0 Å². The number of hydrazine groups is 1. The summed E-state index contributed by atoms with van der Waals surface area (Å²) in [4.78, 5) is 22.9. The maximum Gasteiger partial charge on any atom is 0.316 e. The summed E-state index contributed by atoms with van der Waals surface area (Å²) in [6, 6.07) is 0. The summed E-state index contributed by atoms with van der Waals surface area (Å²) in [7, 11) is 0. The van der Waals surface area contributed by atoms with Crippen LogP contribution in [0, 0.1) is 5.92 Å². The van der Waals surface area contributed by atoms with Crippen molar-refractivity contribution in [3.63, 3.8) is 0 Å². The van der Waals surface area contributed by atoms with E-state index in [-0.39, 0.29) is 28.8 Å². The number of ether oxygens (including phenoxy) is 1. The molecule has 5 nitrogen and oxygen atoms in total. The van der Waals surface area contributed by atoms with Gasteiger partial charge in [0, 0.05) is 0 Å². The fourth-order valence-electron chi connectivity index (χ4n) is 1.18. The van der Waals surface area contributed by atoms with E-state index in [0.717, 1.165) is 0 Å². The summed E-state index contributed by atoms with van der Waals surface area (Å²) in [5.74, 6) is 4.75. The van der Waals surface area contributed by atoms with Crippen molar-refractivity contribution in [2.45, 2.75) is 45.5 Å². The van der Waals surface area contributed by atoms with Gasteiger partial charge >= 0.3 is 5.97 Å². The molecule has 3 N–H and O–H groups in total. The number of nitrogens with one attached hydrogen (secondary N) is 1. The van der Waals surface area contributed by atoms with Crippen molar-refractivity contribution in [3.8, 4) is 0 Å². The van der Waals surface area contributed by atoms with Gasteiger partial charge in [-0.25, -0.2) is 5.84 Å². The second-order valence-electron chi connectivity index (χ2n) is 5.07. The molecule has 1 atom stereocenters. The minimum atomic E-state index is -0.499. The van der Waals surface area contributed by atoms with E-state index in [4.69, 9.17) is 10.6 Å². The topological polar surface area (TPSA) is 81.4 Å². The molecule has 0 saturated carbocycles. The Morgan fingerprint density at radius 2 is 1.88 bits per heavy atom. The first kappa shape index (κ1) is 16.2. The third-order valence-electron chi connectivity index (χ3n) is 1.81. The van der Waals surface area contributed by atoms with Crippen molar-refractivity contribution in [1.82, 2.24) is 5.43 Å². The van der Waals surface area contributed by atoms with E-state index in [1.54, 1.807) is 0 Å². The number of amides is 1. The molecule has 0 bridgehead atoms. The molecular weight excluding hydrogens is 240 g/mol. The third kappa shape index (κ3) is 7.23. The minimum absolute atomic E-state index is 0.103. The Labute approximate surface area is 107 Å². The van der Waals surface area contributed by atoms with Crippen LogP contribution < -0.4 is 11.3 Å². The van der Waals surface area contributed by atoms with Gasteiger partial charge in [-0.1, -0.05) is 13.8 Å². The number of carbonyl (C=O) groups is 2. The van der Waals surface area contributed by atoms with Crippen LogP contribution in [0.3, 0.4) is 0 Å². The van der Waals surface area contributed by atoms with Gasteiger partial charge in [-0.3, -0.25) is 15.0 Å². The Morgan fingerprint density at radius 3 is 2.24 bits per heavy atom. The summed E-state index contributed by atoms with van der Waals surface area (Å²) in [5, 5.41) is -0.340. The third-order valence-corrected chi connectivity index (χ3v) is 3.33. The summed E-state index contributed by atoms with van der Waals surface area (Å²) >= 11 is 1.24. The summed E-state index contributed by atoms with van der Waals surface area (Å²) < 4.78 is 5.16. The van der Waals surface area contributed by atoms with E-state index < -0.39 is 5.60 Å². The van der Waals surface area contributed by atoms with Gasteiger partial charge in [0.1, 0.15) is 5.60 Å². The number of carbonyl (C=O) groups excluding carboxylic acids is 2. The molecule has 0 spiro atoms. The Morgan fingerprint density at radius 1 is 1.35 bits per heavy atom. The number of esters is 1. The highest BCUT2D eigenvalue weighted by Gasteiger charge is 2.24. The number of hydrogen-bond donors (Lipinski definition) is 2. The molecule has 1 unspecified atom stereocenters. The van der Waals surface area contributed by atoms with E-state index in [1.165, 1.54) is 11.8 Å². The van der Waals surface area contributed by atoms with Crippen molar-refractivity contribution in [2.24, 2.45) is 11.8 Å². The highest BCUT2D eigenvalue weighted by molar-refractivity contribution is 8.01. The van der Waals surface area contributed by atoms with Gasteiger partial charge in [-0.15, -0.1) is 11.8 Å². The molecule has 6 heteroatoms. The van der Waals surface area contributed by atoms with Crippen LogP contribution in [0.15, 0.2) is 0 Å². The van der Waals surface area contributed by atoms with Crippen LogP contribution >= 0.6 is 11.8 Å². The van der Waals surface area contributed by atoms with Crippen LogP contribution in [0.25, 0.3) is 0 Å². The number of rotatable bonds is 5. The SMILES string of the molecule is CC(C)C(SCC(=O)OC(C)(C)C)C(=O)NN. The standard InChI is InChI=1S/C11H22N2O3S/c1-7(2)9(10(15)13-12)17-6-8(14)16-11(3,4)5/h7,9H,6,12H2,1-5H3,(H,13,15). The smallest absolute Gasteiger partial charge is 0.316 e. The fourth-order valence-corrected chi connectivity index (χ4v) is 2.16. The average Bonchev–Trinajstić information content (AvgIpc) is 2.14. The fraction of sp³-hybridized carbons (Fsp3) is 0.818. The Hall–Kier alpha value is -0.750. The highest BCUT2D eigenvalue weighted by atomic mass is 32.2. The second-order valence-corrected chi connectivity index (χ2v) is 6.20. The first-order chi connectivity index (χ1) is 7.67. The molecule has 0 aliphatic heterocycles. The maximum atomic E-state index is 11.5. The summed E-state index contributed by atoms with van der Waals surface area (Å²) in [5.41, 5.74) is 1.61. The molecule has 0 aromatic rings. The van der Waals surface area contributed by atoms with Crippen LogP contribution in [-0.2, 0) is 14.3 Å². The predicted molar refractivity (Wildman–Crippen MR) is 69.3 cm³/mol. The van der Waals surface area contributed by atoms with Gasteiger partial charge < -0.3 is 4.74 Å². The maximum absolute atomic E-state index is 11.5. The molecule has 0 aromatic carbocycles. The van der Waals surface area contributed by atoms with E-state index >= 15 is 0 Å². The molecule has 0 aliphatic rings. The quantitative estimate of drug-likeness (QED) is 0.335. The predicted octanol–water partition coefficient (Wildman–Crippen LogP) is 1.08. The van der Waals surface area contributed by atoms with Crippen molar-refractivity contribution < 1.29 is 14.3 Å². The minimum Gasteiger partial charge on any atom is -0.459 e. The van der Waals surface area contributed by atoms with E-state index in [1.807, 2.05) is 34.6 Å². The zero-order valence-electron chi connectivity index (χ0n) is 11.1. The van der Waals surface area contributed by atoms with Crippen LogP contribution in [-0.4, -0.2) is 28.5 Å². The zero-order valence-corrected chi connectivity index (χ0v) is 11.9. The largest absolute Gasteiger partial charge is 0.459 e. The first-order valence-corrected chi connectivity index (χ1v) is 6.56. The molecule has 1 amide bonds. The lowest BCUT2D eigenvalue weighted by molar-refractivity contribution is -0.151. The number of nitrogens with two attached hydrogens (primary N) is 1. The zero-order chi connectivity index (χ0) is 13.6. The molecule has 0 rings (SSSR count). The van der Waals surface area contributed by atoms with Gasteiger partial charge in [-0.05, 0) is 26.7 Å². The molecule has 0 aromatic heterocycles. The van der Waals surface area contributed by atoms with Gasteiger partial charge in [0.2, 0.25) is 5.91 Å². The molecule has 0 fully saturated rings. The molecule has 0 aliphatic carbocycles. The Bertz CT molecular complexity index is 274. The van der Waals surface area contributed by atoms with Crippen LogP contribution in [0.1, 0.15) is 34.6 Å². The summed E-state index contributed by atoms with van der Waals surface area (Å²) in [6.45, 7) is 9.23. The van der Waals surface area contributed by atoms with Crippen molar-refractivity contribution in [1.29, 1.82) is 0 Å². The molecule has 100 valence electrons. The van der Waals surface area contributed by atoms with E-state index in [2.05, 4.69) is 5.43 Å². The van der Waals surface area contributed by atoms with Gasteiger partial charge in [0.15, 0.2) is 0 Å². The summed E-state index contributed by atoms with van der Waals surface area (Å²) in [6.07, 6.45) is 0. The van der Waals surface area contributed by atoms with Gasteiger partial charge in [0.25, 0.3) is 0 Å². The van der Waals surface area contributed by atoms with E-state index in [0.29, 0.717) is 0 Å². The highest BCUT2D eigenvalue weighted by Crippen LogP contribution is 2.20. The lowest BCUT2D eigenvalue weighted by atomic mass is 10.1. The van der Waals surface area contributed by atoms with Crippen molar-refractivity contribution in [2.75, 3.05) is 5.75 Å². The monoisotopic (exact) mass is 262 g/mol. The lowest BCUT2D eigenvalue weighted by Gasteiger charge is -2.21. The number of thioether (sulfide) groups is 1. The number of hydrogen-bond acceptors (Lipinski definition) is 5. The molecule has 0 radical (unpaired) electrons. The lowest BCUT2D eigenvalue weighted by Crippen LogP contribution is -2.40. The van der Waals surface area contributed by atoms with E-state index in [9.17, 15) is 9.59 Å². The van der Waals surface area contributed by atoms with Crippen molar-refractivity contribution >= 4 is 23.6 Å². The van der Waals surface area contributed by atoms with Crippen LogP contribution in [0.4, 0.5) is 0 Å². The van der Waals surface area contributed by atoms with Gasteiger partial charge in [0.05, 0.1) is 11.0 Å². The molecule has 17 heavy (non-hydrogen) atoms. The Balaban J connectivity index is 4.23. The molecular formula is C11H22N2O3S. The second kappa shape index (κ2) is 6.86. The van der Waals surface area contributed by atoms with Crippen LogP contribution in [0.2, 0.25) is 0 Å². The first-order valence-electron chi connectivity index (χ1n) is 5.51. The Kier molecular flexibility index (Phi) is 6.56. The normalized spacial score (nSPS) is 13.4. The van der Waals surface area contributed by atoms with Crippen molar-refractivity contribution in [3.05, 3.63) is 0 Å². The molecule has 0 saturated heterocycles. The molecule has 0 heterocycles. The van der Waals surface area contributed by atoms with Gasteiger partial charge in [-0.2, -0.15) is 0 Å².